The number of ether oxygens (including phenoxy) is 1. The van der Waals surface area contributed by atoms with Crippen LogP contribution in [0.25, 0.3) is 0 Å². The number of nitrogens with one attached hydrogen (secondary N) is 1. The van der Waals surface area contributed by atoms with Crippen LogP contribution >= 0.6 is 0 Å². The maximum absolute atomic E-state index is 12.9. The molecule has 0 fully saturated rings. The largest absolute Gasteiger partial charge is 0.497 e. The van der Waals surface area contributed by atoms with Gasteiger partial charge >= 0.3 is 6.18 Å². The molecule has 122 valence electrons. The summed E-state index contributed by atoms with van der Waals surface area (Å²) >= 11 is 0. The zero-order valence-electron chi connectivity index (χ0n) is 12.7. The molecule has 0 spiro atoms. The molecule has 3 nitrogen and oxygen atoms in total. The molecule has 0 unspecified atom stereocenters. The molecule has 1 amide bonds. The summed E-state index contributed by atoms with van der Waals surface area (Å²) in [7, 11) is 1.52. The first-order valence-electron chi connectivity index (χ1n) is 6.90. The second kappa shape index (κ2) is 6.73. The van der Waals surface area contributed by atoms with E-state index < -0.39 is 17.6 Å². The van der Waals surface area contributed by atoms with Gasteiger partial charge in [-0.2, -0.15) is 13.2 Å². The lowest BCUT2D eigenvalue weighted by Gasteiger charge is -2.13. The Hall–Kier alpha value is -2.50. The molecule has 1 N–H and O–H groups in total. The number of carbonyl (C=O) groups excluding carboxylic acids is 1. The Morgan fingerprint density at radius 1 is 1.17 bits per heavy atom. The summed E-state index contributed by atoms with van der Waals surface area (Å²) in [6, 6.07) is 10.7. The Morgan fingerprint density at radius 3 is 2.57 bits per heavy atom. The maximum atomic E-state index is 12.9. The van der Waals surface area contributed by atoms with E-state index in [9.17, 15) is 18.0 Å². The van der Waals surface area contributed by atoms with E-state index in [1.165, 1.54) is 26.2 Å². The van der Waals surface area contributed by atoms with Gasteiger partial charge in [0.25, 0.3) is 0 Å². The Kier molecular flexibility index (Phi) is 4.93. The van der Waals surface area contributed by atoms with E-state index in [-0.39, 0.29) is 17.7 Å². The molecule has 2 aromatic carbocycles. The summed E-state index contributed by atoms with van der Waals surface area (Å²) in [6.45, 7) is 1.38. The molecule has 0 saturated carbocycles. The van der Waals surface area contributed by atoms with Gasteiger partial charge in [0.05, 0.1) is 19.1 Å². The second-order valence-electron chi connectivity index (χ2n) is 5.10. The molecular weight excluding hydrogens is 307 g/mol. The zero-order valence-corrected chi connectivity index (χ0v) is 12.7. The standard InChI is InChI=1S/C17H16F3NO2/c1-11-6-7-13(10-15(11)17(18,19)20)21-16(22)9-12-4-3-5-14(8-12)23-2/h3-8,10H,9H2,1-2H3,(H,21,22). The predicted molar refractivity (Wildman–Crippen MR) is 81.5 cm³/mol. The number of amides is 1. The monoisotopic (exact) mass is 323 g/mol. The van der Waals surface area contributed by atoms with Gasteiger partial charge in [-0.25, -0.2) is 0 Å². The highest BCUT2D eigenvalue weighted by Crippen LogP contribution is 2.33. The van der Waals surface area contributed by atoms with E-state index in [0.717, 1.165) is 6.07 Å². The lowest BCUT2D eigenvalue weighted by Crippen LogP contribution is -2.15. The lowest BCUT2D eigenvalue weighted by atomic mass is 10.1. The van der Waals surface area contributed by atoms with Gasteiger partial charge in [0.1, 0.15) is 5.75 Å². The van der Waals surface area contributed by atoms with Crippen LogP contribution in [0, 0.1) is 6.92 Å². The van der Waals surface area contributed by atoms with Crippen molar-refractivity contribution in [1.82, 2.24) is 0 Å². The number of hydrogen-bond acceptors (Lipinski definition) is 2. The number of alkyl halides is 3. The van der Waals surface area contributed by atoms with Crippen LogP contribution in [-0.4, -0.2) is 13.0 Å². The SMILES string of the molecule is COc1cccc(CC(=O)Nc2ccc(C)c(C(F)(F)F)c2)c1. The number of anilines is 1. The summed E-state index contributed by atoms with van der Waals surface area (Å²) in [5.74, 6) is 0.222. The van der Waals surface area contributed by atoms with Gasteiger partial charge in [0.2, 0.25) is 5.91 Å². The van der Waals surface area contributed by atoms with Crippen LogP contribution in [0.2, 0.25) is 0 Å². The number of methoxy groups -OCH3 is 1. The molecule has 0 aliphatic heterocycles. The van der Waals surface area contributed by atoms with Crippen LogP contribution in [-0.2, 0) is 17.4 Å². The van der Waals surface area contributed by atoms with E-state index in [1.54, 1.807) is 24.3 Å². The molecule has 23 heavy (non-hydrogen) atoms. The smallest absolute Gasteiger partial charge is 0.416 e. The Bertz CT molecular complexity index is 711. The first kappa shape index (κ1) is 16.9. The van der Waals surface area contributed by atoms with Crippen molar-refractivity contribution in [2.45, 2.75) is 19.5 Å². The van der Waals surface area contributed by atoms with Gasteiger partial charge in [-0.15, -0.1) is 0 Å². The molecule has 0 aromatic heterocycles. The number of hydrogen-bond donors (Lipinski definition) is 1. The summed E-state index contributed by atoms with van der Waals surface area (Å²) in [6.07, 6.45) is -4.40. The molecule has 6 heteroatoms. The number of aryl methyl sites for hydroxylation is 1. The molecule has 0 atom stereocenters. The van der Waals surface area contributed by atoms with Crippen LogP contribution in [0.1, 0.15) is 16.7 Å². The first-order valence-corrected chi connectivity index (χ1v) is 6.90. The van der Waals surface area contributed by atoms with Crippen molar-refractivity contribution in [3.63, 3.8) is 0 Å². The second-order valence-corrected chi connectivity index (χ2v) is 5.10. The highest BCUT2D eigenvalue weighted by atomic mass is 19.4. The molecule has 2 rings (SSSR count). The summed E-state index contributed by atoms with van der Waals surface area (Å²) in [5.41, 5.74) is 0.195. The highest BCUT2D eigenvalue weighted by Gasteiger charge is 2.32. The third-order valence-electron chi connectivity index (χ3n) is 3.33. The van der Waals surface area contributed by atoms with Crippen molar-refractivity contribution in [2.24, 2.45) is 0 Å². The minimum atomic E-state index is -4.45. The average molecular weight is 323 g/mol. The minimum Gasteiger partial charge on any atom is -0.497 e. The van der Waals surface area contributed by atoms with Gasteiger partial charge in [0, 0.05) is 5.69 Å². The van der Waals surface area contributed by atoms with E-state index in [4.69, 9.17) is 4.74 Å². The van der Waals surface area contributed by atoms with Crippen molar-refractivity contribution in [3.8, 4) is 5.75 Å². The normalized spacial score (nSPS) is 11.2. The summed E-state index contributed by atoms with van der Waals surface area (Å²) in [5, 5.41) is 2.49. The van der Waals surface area contributed by atoms with Gasteiger partial charge in [-0.1, -0.05) is 18.2 Å². The number of rotatable bonds is 4. The molecular formula is C17H16F3NO2. The van der Waals surface area contributed by atoms with Crippen LogP contribution in [0.15, 0.2) is 42.5 Å². The van der Waals surface area contributed by atoms with E-state index in [2.05, 4.69) is 5.32 Å². The number of benzene rings is 2. The Balaban J connectivity index is 2.11. The summed E-state index contributed by atoms with van der Waals surface area (Å²) < 4.78 is 43.7. The fourth-order valence-corrected chi connectivity index (χ4v) is 2.18. The maximum Gasteiger partial charge on any atom is 0.416 e. The molecule has 0 aliphatic rings. The van der Waals surface area contributed by atoms with Crippen LogP contribution in [0.3, 0.4) is 0 Å². The van der Waals surface area contributed by atoms with Gasteiger partial charge < -0.3 is 10.1 Å². The van der Waals surface area contributed by atoms with Crippen molar-refractivity contribution in [3.05, 3.63) is 59.2 Å². The predicted octanol–water partition coefficient (Wildman–Crippen LogP) is 4.20. The van der Waals surface area contributed by atoms with Gasteiger partial charge in [-0.05, 0) is 42.3 Å². The Morgan fingerprint density at radius 2 is 1.91 bits per heavy atom. The lowest BCUT2D eigenvalue weighted by molar-refractivity contribution is -0.138. The number of halogens is 3. The molecule has 0 radical (unpaired) electrons. The zero-order chi connectivity index (χ0) is 17.0. The van der Waals surface area contributed by atoms with Crippen LogP contribution in [0.5, 0.6) is 5.75 Å². The third-order valence-corrected chi connectivity index (χ3v) is 3.33. The molecule has 0 heterocycles. The molecule has 0 aliphatic carbocycles. The molecule has 2 aromatic rings. The fraction of sp³-hybridized carbons (Fsp3) is 0.235. The molecule has 0 bridgehead atoms. The summed E-state index contributed by atoms with van der Waals surface area (Å²) in [4.78, 5) is 12.0. The quantitative estimate of drug-likeness (QED) is 0.915. The van der Waals surface area contributed by atoms with E-state index >= 15 is 0 Å². The third kappa shape index (κ3) is 4.48. The van der Waals surface area contributed by atoms with E-state index in [0.29, 0.717) is 11.3 Å². The van der Waals surface area contributed by atoms with Crippen molar-refractivity contribution in [1.29, 1.82) is 0 Å². The number of carbonyl (C=O) groups is 1. The highest BCUT2D eigenvalue weighted by molar-refractivity contribution is 5.92. The average Bonchev–Trinajstić information content (AvgIpc) is 2.48. The van der Waals surface area contributed by atoms with Crippen molar-refractivity contribution >= 4 is 11.6 Å². The fourth-order valence-electron chi connectivity index (χ4n) is 2.18. The van der Waals surface area contributed by atoms with Crippen LogP contribution in [0.4, 0.5) is 18.9 Å². The first-order chi connectivity index (χ1) is 10.8. The van der Waals surface area contributed by atoms with Crippen molar-refractivity contribution < 1.29 is 22.7 Å². The van der Waals surface area contributed by atoms with E-state index in [1.807, 2.05) is 0 Å². The van der Waals surface area contributed by atoms with Gasteiger partial charge in [0.15, 0.2) is 0 Å². The topological polar surface area (TPSA) is 38.3 Å². The minimum absolute atomic E-state index is 0.0480. The Labute approximate surface area is 132 Å². The molecule has 0 saturated heterocycles. The van der Waals surface area contributed by atoms with Crippen molar-refractivity contribution in [2.75, 3.05) is 12.4 Å². The van der Waals surface area contributed by atoms with Gasteiger partial charge in [-0.3, -0.25) is 4.79 Å². The van der Waals surface area contributed by atoms with Crippen LogP contribution < -0.4 is 10.1 Å².